The summed E-state index contributed by atoms with van der Waals surface area (Å²) in [4.78, 5) is 4.35. The third-order valence-electron chi connectivity index (χ3n) is 1.61. The lowest BCUT2D eigenvalue weighted by molar-refractivity contribution is 0.488. The molecular formula is C10H11NOS. The molecule has 1 heterocycles. The molecule has 0 aliphatic heterocycles. The van der Waals surface area contributed by atoms with Crippen LogP contribution in [0, 0.1) is 0 Å². The Hall–Kier alpha value is -0.960. The van der Waals surface area contributed by atoms with Crippen LogP contribution < -0.4 is 0 Å². The van der Waals surface area contributed by atoms with E-state index >= 15 is 0 Å². The smallest absolute Gasteiger partial charge is 0.256 e. The molecule has 2 rings (SSSR count). The molecule has 0 bridgehead atoms. The largest absolute Gasteiger partial charge is 0.431 e. The monoisotopic (exact) mass is 193 g/mol. The summed E-state index contributed by atoms with van der Waals surface area (Å²) in [6.45, 7) is 4.25. The molecule has 0 N–H and O–H groups in total. The van der Waals surface area contributed by atoms with Crippen molar-refractivity contribution < 1.29 is 4.42 Å². The Labute approximate surface area is 81.3 Å². The number of fused-ring (bicyclic) bond motifs is 1. The molecule has 0 fully saturated rings. The van der Waals surface area contributed by atoms with E-state index in [2.05, 4.69) is 18.8 Å². The van der Waals surface area contributed by atoms with Crippen LogP contribution in [0.15, 0.2) is 33.9 Å². The second-order valence-electron chi connectivity index (χ2n) is 3.11. The van der Waals surface area contributed by atoms with Crippen LogP contribution in [-0.4, -0.2) is 10.2 Å². The van der Waals surface area contributed by atoms with Gasteiger partial charge in [0, 0.05) is 5.25 Å². The van der Waals surface area contributed by atoms with E-state index in [1.807, 2.05) is 24.3 Å². The van der Waals surface area contributed by atoms with E-state index in [9.17, 15) is 0 Å². The second kappa shape index (κ2) is 3.42. The zero-order chi connectivity index (χ0) is 9.26. The Balaban J connectivity index is 2.38. The number of oxazole rings is 1. The van der Waals surface area contributed by atoms with E-state index in [1.54, 1.807) is 11.8 Å². The number of hydrogen-bond acceptors (Lipinski definition) is 3. The fourth-order valence-corrected chi connectivity index (χ4v) is 1.80. The first-order valence-electron chi connectivity index (χ1n) is 4.28. The predicted octanol–water partition coefficient (Wildman–Crippen LogP) is 3.33. The number of aromatic nitrogens is 1. The van der Waals surface area contributed by atoms with Gasteiger partial charge in [0.15, 0.2) is 5.58 Å². The molecule has 2 aromatic rings. The van der Waals surface area contributed by atoms with E-state index in [1.165, 1.54) is 0 Å². The molecule has 3 heteroatoms. The van der Waals surface area contributed by atoms with Gasteiger partial charge in [-0.2, -0.15) is 0 Å². The third-order valence-corrected chi connectivity index (χ3v) is 2.46. The summed E-state index contributed by atoms with van der Waals surface area (Å²) in [6.07, 6.45) is 0. The van der Waals surface area contributed by atoms with Gasteiger partial charge >= 0.3 is 0 Å². The van der Waals surface area contributed by atoms with Crippen molar-refractivity contribution in [2.45, 2.75) is 24.3 Å². The van der Waals surface area contributed by atoms with E-state index in [0.29, 0.717) is 5.25 Å². The van der Waals surface area contributed by atoms with Crippen molar-refractivity contribution >= 4 is 22.9 Å². The fourth-order valence-electron chi connectivity index (χ4n) is 1.10. The molecule has 0 amide bonds. The van der Waals surface area contributed by atoms with Crippen LogP contribution in [0.3, 0.4) is 0 Å². The van der Waals surface area contributed by atoms with Gasteiger partial charge in [-0.25, -0.2) is 4.98 Å². The van der Waals surface area contributed by atoms with Gasteiger partial charge in [0.25, 0.3) is 5.22 Å². The van der Waals surface area contributed by atoms with Crippen LogP contribution in [0.25, 0.3) is 11.1 Å². The lowest BCUT2D eigenvalue weighted by Crippen LogP contribution is -1.84. The van der Waals surface area contributed by atoms with Gasteiger partial charge in [-0.3, -0.25) is 0 Å². The van der Waals surface area contributed by atoms with Crippen LogP contribution in [0.4, 0.5) is 0 Å². The first-order valence-corrected chi connectivity index (χ1v) is 5.16. The fraction of sp³-hybridized carbons (Fsp3) is 0.300. The molecule has 1 aromatic heterocycles. The van der Waals surface area contributed by atoms with Gasteiger partial charge in [0.2, 0.25) is 0 Å². The van der Waals surface area contributed by atoms with Crippen molar-refractivity contribution in [1.82, 2.24) is 4.98 Å². The van der Waals surface area contributed by atoms with Crippen molar-refractivity contribution in [2.75, 3.05) is 0 Å². The maximum absolute atomic E-state index is 5.53. The molecule has 1 aromatic carbocycles. The molecule has 0 radical (unpaired) electrons. The molecule has 0 aliphatic carbocycles. The zero-order valence-corrected chi connectivity index (χ0v) is 8.47. The molecule has 2 nitrogen and oxygen atoms in total. The summed E-state index contributed by atoms with van der Waals surface area (Å²) >= 11 is 1.65. The Kier molecular flexibility index (Phi) is 2.27. The number of thioether (sulfide) groups is 1. The van der Waals surface area contributed by atoms with Gasteiger partial charge < -0.3 is 4.42 Å². The first kappa shape index (κ1) is 8.63. The Bertz CT molecular complexity index is 375. The molecule has 0 saturated carbocycles. The van der Waals surface area contributed by atoms with Crippen molar-refractivity contribution in [1.29, 1.82) is 0 Å². The highest BCUT2D eigenvalue weighted by Crippen LogP contribution is 2.25. The minimum atomic E-state index is 0.507. The molecule has 0 unspecified atom stereocenters. The number of para-hydroxylation sites is 2. The van der Waals surface area contributed by atoms with E-state index in [-0.39, 0.29) is 0 Å². The van der Waals surface area contributed by atoms with E-state index in [4.69, 9.17) is 4.42 Å². The number of nitrogens with zero attached hydrogens (tertiary/aromatic N) is 1. The van der Waals surface area contributed by atoms with Crippen LogP contribution in [-0.2, 0) is 0 Å². The molecule has 0 spiro atoms. The molecule has 13 heavy (non-hydrogen) atoms. The maximum Gasteiger partial charge on any atom is 0.256 e. The van der Waals surface area contributed by atoms with Crippen LogP contribution >= 0.6 is 11.8 Å². The third kappa shape index (κ3) is 1.86. The molecular weight excluding hydrogens is 182 g/mol. The van der Waals surface area contributed by atoms with Crippen molar-refractivity contribution in [2.24, 2.45) is 0 Å². The molecule has 0 saturated heterocycles. The van der Waals surface area contributed by atoms with E-state index < -0.39 is 0 Å². The van der Waals surface area contributed by atoms with Gasteiger partial charge in [-0.05, 0) is 12.1 Å². The summed E-state index contributed by atoms with van der Waals surface area (Å²) in [5, 5.41) is 1.27. The van der Waals surface area contributed by atoms with Crippen LogP contribution in [0.2, 0.25) is 0 Å². The average molecular weight is 193 g/mol. The van der Waals surface area contributed by atoms with Crippen molar-refractivity contribution in [3.8, 4) is 0 Å². The Morgan fingerprint density at radius 3 is 2.77 bits per heavy atom. The Morgan fingerprint density at radius 1 is 1.31 bits per heavy atom. The van der Waals surface area contributed by atoms with Gasteiger partial charge in [-0.15, -0.1) is 0 Å². The summed E-state index contributed by atoms with van der Waals surface area (Å²) in [6, 6.07) is 7.82. The summed E-state index contributed by atoms with van der Waals surface area (Å²) in [5.74, 6) is 0. The van der Waals surface area contributed by atoms with Gasteiger partial charge in [0.05, 0.1) is 0 Å². The molecule has 68 valence electrons. The van der Waals surface area contributed by atoms with Crippen molar-refractivity contribution in [3.63, 3.8) is 0 Å². The standard InChI is InChI=1S/C10H11NOS/c1-7(2)13-10-11-8-5-3-4-6-9(8)12-10/h3-7H,1-2H3. The van der Waals surface area contributed by atoms with Crippen LogP contribution in [0.5, 0.6) is 0 Å². The van der Waals surface area contributed by atoms with E-state index in [0.717, 1.165) is 16.3 Å². The highest BCUT2D eigenvalue weighted by molar-refractivity contribution is 7.99. The SMILES string of the molecule is CC(C)Sc1nc2ccccc2o1. The Morgan fingerprint density at radius 2 is 2.08 bits per heavy atom. The van der Waals surface area contributed by atoms with Gasteiger partial charge in [0.1, 0.15) is 5.52 Å². The number of benzene rings is 1. The summed E-state index contributed by atoms with van der Waals surface area (Å²) in [5.41, 5.74) is 1.80. The lowest BCUT2D eigenvalue weighted by atomic mass is 10.3. The minimum Gasteiger partial charge on any atom is -0.431 e. The minimum absolute atomic E-state index is 0.507. The number of hydrogen-bond donors (Lipinski definition) is 0. The predicted molar refractivity (Wildman–Crippen MR) is 55.0 cm³/mol. The topological polar surface area (TPSA) is 26.0 Å². The van der Waals surface area contributed by atoms with Gasteiger partial charge in [-0.1, -0.05) is 37.7 Å². The highest BCUT2D eigenvalue weighted by Gasteiger charge is 2.06. The number of rotatable bonds is 2. The normalized spacial score (nSPS) is 11.3. The highest BCUT2D eigenvalue weighted by atomic mass is 32.2. The summed E-state index contributed by atoms with van der Waals surface area (Å²) in [7, 11) is 0. The lowest BCUT2D eigenvalue weighted by Gasteiger charge is -1.96. The average Bonchev–Trinajstić information content (AvgIpc) is 2.44. The second-order valence-corrected chi connectivity index (χ2v) is 4.64. The molecule has 0 atom stereocenters. The zero-order valence-electron chi connectivity index (χ0n) is 7.65. The quantitative estimate of drug-likeness (QED) is 0.684. The summed E-state index contributed by atoms with van der Waals surface area (Å²) < 4.78 is 5.53. The maximum atomic E-state index is 5.53. The first-order chi connectivity index (χ1) is 6.25. The van der Waals surface area contributed by atoms with Crippen molar-refractivity contribution in [3.05, 3.63) is 24.3 Å². The van der Waals surface area contributed by atoms with Crippen LogP contribution in [0.1, 0.15) is 13.8 Å². The molecule has 0 aliphatic rings.